The van der Waals surface area contributed by atoms with Crippen LogP contribution in [0.1, 0.15) is 12.0 Å². The SMILES string of the molecule is CN(C)CCCN(C(=O)C(F)(F)F)c1cccc(-c2nc(N3CCOCC3)nc3c2CCN3c2ccncc2)c1. The Hall–Kier alpha value is -3.77. The molecule has 9 nitrogen and oxygen atoms in total. The van der Waals surface area contributed by atoms with Crippen molar-refractivity contribution in [1.29, 1.82) is 0 Å². The fourth-order valence-electron chi connectivity index (χ4n) is 5.03. The number of carbonyl (C=O) groups is 1. The van der Waals surface area contributed by atoms with Gasteiger partial charge in [0.05, 0.1) is 18.9 Å². The zero-order chi connectivity index (χ0) is 28.3. The van der Waals surface area contributed by atoms with Crippen molar-refractivity contribution in [1.82, 2.24) is 19.9 Å². The number of aromatic nitrogens is 3. The lowest BCUT2D eigenvalue weighted by atomic mass is 10.0. The van der Waals surface area contributed by atoms with Crippen molar-refractivity contribution in [3.63, 3.8) is 0 Å². The topological polar surface area (TPSA) is 77.9 Å². The Morgan fingerprint density at radius 2 is 1.77 bits per heavy atom. The van der Waals surface area contributed by atoms with Gasteiger partial charge in [-0.1, -0.05) is 12.1 Å². The maximum Gasteiger partial charge on any atom is 0.471 e. The molecular weight excluding hydrogens is 523 g/mol. The minimum atomic E-state index is -4.99. The lowest BCUT2D eigenvalue weighted by Crippen LogP contribution is -2.42. The van der Waals surface area contributed by atoms with Gasteiger partial charge in [-0.2, -0.15) is 18.2 Å². The minimum Gasteiger partial charge on any atom is -0.378 e. The predicted octanol–water partition coefficient (Wildman–Crippen LogP) is 3.92. The fourth-order valence-corrected chi connectivity index (χ4v) is 5.03. The molecule has 0 spiro atoms. The number of hydrogen-bond acceptors (Lipinski definition) is 8. The molecule has 5 rings (SSSR count). The largest absolute Gasteiger partial charge is 0.471 e. The van der Waals surface area contributed by atoms with Gasteiger partial charge < -0.3 is 24.3 Å². The predicted molar refractivity (Wildman–Crippen MR) is 147 cm³/mol. The Labute approximate surface area is 231 Å². The number of halogens is 3. The molecule has 2 aromatic heterocycles. The zero-order valence-electron chi connectivity index (χ0n) is 22.6. The normalized spacial score (nSPS) is 15.4. The fraction of sp³-hybridized carbons (Fsp3) is 0.429. The van der Waals surface area contributed by atoms with Gasteiger partial charge in [0.2, 0.25) is 5.95 Å². The van der Waals surface area contributed by atoms with E-state index < -0.39 is 12.1 Å². The third-order valence-corrected chi connectivity index (χ3v) is 6.99. The highest BCUT2D eigenvalue weighted by atomic mass is 19.4. The Morgan fingerprint density at radius 1 is 1.02 bits per heavy atom. The highest BCUT2D eigenvalue weighted by molar-refractivity contribution is 5.98. The maximum absolute atomic E-state index is 13.6. The van der Waals surface area contributed by atoms with E-state index in [0.717, 1.165) is 22.0 Å². The first-order chi connectivity index (χ1) is 19.2. The van der Waals surface area contributed by atoms with Crippen molar-refractivity contribution in [2.24, 2.45) is 0 Å². The summed E-state index contributed by atoms with van der Waals surface area (Å²) in [5, 5.41) is 0. The van der Waals surface area contributed by atoms with E-state index in [2.05, 4.69) is 14.8 Å². The molecular formula is C28H32F3N7O2. The first-order valence-corrected chi connectivity index (χ1v) is 13.3. The molecule has 0 bridgehead atoms. The number of fused-ring (bicyclic) bond motifs is 1. The van der Waals surface area contributed by atoms with Crippen LogP contribution in [0.5, 0.6) is 0 Å². The Kier molecular flexibility index (Phi) is 8.17. The van der Waals surface area contributed by atoms with Crippen LogP contribution in [0.25, 0.3) is 11.3 Å². The summed E-state index contributed by atoms with van der Waals surface area (Å²) in [7, 11) is 3.68. The number of carbonyl (C=O) groups excluding carboxylic acids is 1. The summed E-state index contributed by atoms with van der Waals surface area (Å²) in [4.78, 5) is 33.3. The van der Waals surface area contributed by atoms with E-state index >= 15 is 0 Å². The molecule has 2 aliphatic rings. The second-order valence-electron chi connectivity index (χ2n) is 10.0. The van der Waals surface area contributed by atoms with Crippen LogP contribution in [0.2, 0.25) is 0 Å². The van der Waals surface area contributed by atoms with Crippen molar-refractivity contribution in [2.45, 2.75) is 19.0 Å². The molecule has 12 heteroatoms. The van der Waals surface area contributed by atoms with E-state index in [1.165, 1.54) is 6.07 Å². The number of rotatable bonds is 8. The summed E-state index contributed by atoms with van der Waals surface area (Å²) in [6.45, 7) is 3.55. The van der Waals surface area contributed by atoms with Crippen LogP contribution in [0.15, 0.2) is 48.8 Å². The van der Waals surface area contributed by atoms with Gasteiger partial charge in [-0.05, 0) is 57.7 Å². The van der Waals surface area contributed by atoms with Crippen molar-refractivity contribution < 1.29 is 22.7 Å². The van der Waals surface area contributed by atoms with Crippen LogP contribution in [0.3, 0.4) is 0 Å². The van der Waals surface area contributed by atoms with Gasteiger partial charge in [0, 0.05) is 61.1 Å². The third-order valence-electron chi connectivity index (χ3n) is 6.99. The zero-order valence-corrected chi connectivity index (χ0v) is 22.6. The second-order valence-corrected chi connectivity index (χ2v) is 10.0. The molecule has 1 amide bonds. The van der Waals surface area contributed by atoms with Crippen molar-refractivity contribution >= 4 is 29.0 Å². The van der Waals surface area contributed by atoms with E-state index in [1.54, 1.807) is 24.5 Å². The molecule has 0 radical (unpaired) electrons. The number of morpholine rings is 1. The van der Waals surface area contributed by atoms with Gasteiger partial charge in [-0.15, -0.1) is 0 Å². The number of hydrogen-bond donors (Lipinski definition) is 0. The van der Waals surface area contributed by atoms with Crippen LogP contribution >= 0.6 is 0 Å². The van der Waals surface area contributed by atoms with Crippen molar-refractivity contribution in [3.8, 4) is 11.3 Å². The molecule has 2 aliphatic heterocycles. The first kappa shape index (κ1) is 27.8. The lowest BCUT2D eigenvalue weighted by molar-refractivity contribution is -0.170. The van der Waals surface area contributed by atoms with E-state index in [9.17, 15) is 18.0 Å². The standard InChI is InChI=1S/C28H32F3N7O2/c1-35(2)12-4-13-38(26(39)28(29,30)31)22-6-3-5-20(19-22)24-23-9-14-37(21-7-10-32-11-8-21)25(23)34-27(33-24)36-15-17-40-18-16-36/h3,5-8,10-11,19H,4,9,12-18H2,1-2H3. The van der Waals surface area contributed by atoms with Crippen LogP contribution in [0.4, 0.5) is 36.3 Å². The number of benzene rings is 1. The molecule has 1 saturated heterocycles. The lowest BCUT2D eigenvalue weighted by Gasteiger charge is -2.28. The molecule has 40 heavy (non-hydrogen) atoms. The molecule has 4 heterocycles. The number of alkyl halides is 3. The Bertz CT molecular complexity index is 1330. The van der Waals surface area contributed by atoms with Crippen LogP contribution < -0.4 is 14.7 Å². The summed E-state index contributed by atoms with van der Waals surface area (Å²) in [5.41, 5.74) is 3.32. The molecule has 0 N–H and O–H groups in total. The van der Waals surface area contributed by atoms with Gasteiger partial charge in [0.25, 0.3) is 0 Å². The molecule has 212 valence electrons. The third kappa shape index (κ3) is 6.02. The van der Waals surface area contributed by atoms with Gasteiger partial charge in [0.1, 0.15) is 5.82 Å². The smallest absolute Gasteiger partial charge is 0.378 e. The van der Waals surface area contributed by atoms with Gasteiger partial charge in [0.15, 0.2) is 0 Å². The quantitative estimate of drug-likeness (QED) is 0.414. The number of anilines is 4. The summed E-state index contributed by atoms with van der Waals surface area (Å²) in [6, 6.07) is 10.5. The maximum atomic E-state index is 13.6. The molecule has 3 aromatic rings. The molecule has 0 aliphatic carbocycles. The minimum absolute atomic E-state index is 0.0588. The second kappa shape index (κ2) is 11.8. The van der Waals surface area contributed by atoms with E-state index in [0.29, 0.717) is 69.4 Å². The number of ether oxygens (including phenoxy) is 1. The van der Waals surface area contributed by atoms with Gasteiger partial charge in [-0.25, -0.2) is 4.98 Å². The van der Waals surface area contributed by atoms with Crippen molar-refractivity contribution in [2.75, 3.05) is 74.7 Å². The van der Waals surface area contributed by atoms with Gasteiger partial charge in [-0.3, -0.25) is 9.78 Å². The van der Waals surface area contributed by atoms with E-state index in [-0.39, 0.29) is 12.2 Å². The van der Waals surface area contributed by atoms with Crippen molar-refractivity contribution in [3.05, 3.63) is 54.4 Å². The summed E-state index contributed by atoms with van der Waals surface area (Å²) < 4.78 is 46.3. The Balaban J connectivity index is 1.57. The monoisotopic (exact) mass is 555 g/mol. The number of amides is 1. The first-order valence-electron chi connectivity index (χ1n) is 13.3. The van der Waals surface area contributed by atoms with Gasteiger partial charge >= 0.3 is 12.1 Å². The Morgan fingerprint density at radius 3 is 2.48 bits per heavy atom. The molecule has 1 aromatic carbocycles. The van der Waals surface area contributed by atoms with E-state index in [1.807, 2.05) is 37.2 Å². The molecule has 0 saturated carbocycles. The number of pyridine rings is 1. The van der Waals surface area contributed by atoms with E-state index in [4.69, 9.17) is 14.7 Å². The molecule has 0 unspecified atom stereocenters. The van der Waals surface area contributed by atoms with Crippen LogP contribution in [-0.2, 0) is 16.0 Å². The summed E-state index contributed by atoms with van der Waals surface area (Å²) in [5.74, 6) is -0.580. The number of nitrogens with zero attached hydrogens (tertiary/aromatic N) is 7. The summed E-state index contributed by atoms with van der Waals surface area (Å²) in [6.07, 6.45) is -0.480. The van der Waals surface area contributed by atoms with Crippen LogP contribution in [0, 0.1) is 0 Å². The highest BCUT2D eigenvalue weighted by Crippen LogP contribution is 2.40. The molecule has 0 atom stereocenters. The average molecular weight is 556 g/mol. The highest BCUT2D eigenvalue weighted by Gasteiger charge is 2.43. The summed E-state index contributed by atoms with van der Waals surface area (Å²) >= 11 is 0. The van der Waals surface area contributed by atoms with Crippen LogP contribution in [-0.4, -0.2) is 92.0 Å². The average Bonchev–Trinajstić information content (AvgIpc) is 3.39. The molecule has 1 fully saturated rings.